The van der Waals surface area contributed by atoms with Crippen LogP contribution in [0, 0.1) is 0 Å². The van der Waals surface area contributed by atoms with E-state index in [1.807, 2.05) is 30.3 Å². The minimum Gasteiger partial charge on any atom is -0.444 e. The molecule has 2 N–H and O–H groups in total. The Morgan fingerprint density at radius 2 is 2.09 bits per heavy atom. The molecule has 1 saturated heterocycles. The zero-order valence-corrected chi connectivity index (χ0v) is 13.2. The summed E-state index contributed by atoms with van der Waals surface area (Å²) in [6.07, 6.45) is 1.94. The fourth-order valence-corrected chi connectivity index (χ4v) is 4.09. The lowest BCUT2D eigenvalue weighted by molar-refractivity contribution is 0.237. The standard InChI is InChI=1S/C15H17N3O4S/c19-15(18-12-6-7-23(20,21)10-12)16-8-13-9-22-14(17-13)11-4-2-1-3-5-11/h1-5,9,12H,6-8,10H2,(H2,16,18,19). The first-order valence-electron chi connectivity index (χ1n) is 7.26. The summed E-state index contributed by atoms with van der Waals surface area (Å²) in [4.78, 5) is 16.1. The van der Waals surface area contributed by atoms with Gasteiger partial charge < -0.3 is 15.1 Å². The number of carbonyl (C=O) groups is 1. The first kappa shape index (κ1) is 15.5. The van der Waals surface area contributed by atoms with Crippen LogP contribution in [-0.4, -0.2) is 37.0 Å². The number of urea groups is 1. The molecule has 122 valence electrons. The van der Waals surface area contributed by atoms with Crippen LogP contribution in [-0.2, 0) is 16.4 Å². The van der Waals surface area contributed by atoms with E-state index in [1.165, 1.54) is 6.26 Å². The molecule has 1 aliphatic rings. The summed E-state index contributed by atoms with van der Waals surface area (Å²) in [7, 11) is -3.01. The third-order valence-electron chi connectivity index (χ3n) is 3.57. The first-order chi connectivity index (χ1) is 11.0. The van der Waals surface area contributed by atoms with Crippen LogP contribution in [0.5, 0.6) is 0 Å². The van der Waals surface area contributed by atoms with Crippen molar-refractivity contribution in [1.29, 1.82) is 0 Å². The first-order valence-corrected chi connectivity index (χ1v) is 9.08. The fourth-order valence-electron chi connectivity index (χ4n) is 2.42. The van der Waals surface area contributed by atoms with Crippen molar-refractivity contribution in [3.8, 4) is 11.5 Å². The Kier molecular flexibility index (Phi) is 4.33. The number of nitrogens with one attached hydrogen (secondary N) is 2. The molecule has 0 saturated carbocycles. The van der Waals surface area contributed by atoms with Crippen molar-refractivity contribution in [2.45, 2.75) is 19.0 Å². The van der Waals surface area contributed by atoms with Crippen molar-refractivity contribution in [2.24, 2.45) is 0 Å². The van der Waals surface area contributed by atoms with E-state index in [-0.39, 0.29) is 24.1 Å². The molecule has 2 amide bonds. The molecular weight excluding hydrogens is 318 g/mol. The summed E-state index contributed by atoms with van der Waals surface area (Å²) in [6.45, 7) is 0.210. The van der Waals surface area contributed by atoms with Crippen LogP contribution in [0.3, 0.4) is 0 Å². The van der Waals surface area contributed by atoms with Gasteiger partial charge in [0.05, 0.1) is 23.7 Å². The number of rotatable bonds is 4. The van der Waals surface area contributed by atoms with Gasteiger partial charge in [0.25, 0.3) is 0 Å². The largest absolute Gasteiger partial charge is 0.444 e. The summed E-state index contributed by atoms with van der Waals surface area (Å²) in [5.41, 5.74) is 1.46. The van der Waals surface area contributed by atoms with E-state index in [2.05, 4.69) is 15.6 Å². The number of hydrogen-bond acceptors (Lipinski definition) is 5. The second-order valence-corrected chi connectivity index (χ2v) is 7.67. The molecule has 0 aliphatic carbocycles. The predicted molar refractivity (Wildman–Crippen MR) is 84.4 cm³/mol. The van der Waals surface area contributed by atoms with E-state index >= 15 is 0 Å². The van der Waals surface area contributed by atoms with E-state index in [0.717, 1.165) is 5.56 Å². The second-order valence-electron chi connectivity index (χ2n) is 5.44. The number of sulfone groups is 1. The number of hydrogen-bond donors (Lipinski definition) is 2. The number of benzene rings is 1. The topological polar surface area (TPSA) is 101 Å². The smallest absolute Gasteiger partial charge is 0.315 e. The monoisotopic (exact) mass is 335 g/mol. The summed E-state index contributed by atoms with van der Waals surface area (Å²) >= 11 is 0. The number of nitrogens with zero attached hydrogens (tertiary/aromatic N) is 1. The SMILES string of the molecule is O=C(NCc1coc(-c2ccccc2)n1)NC1CCS(=O)(=O)C1. The Morgan fingerprint density at radius 1 is 1.30 bits per heavy atom. The highest BCUT2D eigenvalue weighted by atomic mass is 32.2. The summed E-state index contributed by atoms with van der Waals surface area (Å²) in [5.74, 6) is 0.620. The number of amides is 2. The molecule has 3 rings (SSSR count). The molecule has 8 heteroatoms. The maximum atomic E-state index is 11.8. The van der Waals surface area contributed by atoms with Crippen molar-refractivity contribution in [3.63, 3.8) is 0 Å². The number of carbonyl (C=O) groups excluding carboxylic acids is 1. The van der Waals surface area contributed by atoms with Gasteiger partial charge in [0, 0.05) is 11.6 Å². The quantitative estimate of drug-likeness (QED) is 0.878. The Hall–Kier alpha value is -2.35. The van der Waals surface area contributed by atoms with Gasteiger partial charge in [0.1, 0.15) is 6.26 Å². The molecule has 23 heavy (non-hydrogen) atoms. The molecule has 1 fully saturated rings. The normalized spacial score (nSPS) is 19.4. The van der Waals surface area contributed by atoms with E-state index in [4.69, 9.17) is 4.42 Å². The number of oxazole rings is 1. The van der Waals surface area contributed by atoms with E-state index in [1.54, 1.807) is 0 Å². The maximum absolute atomic E-state index is 11.8. The molecule has 2 heterocycles. The molecular formula is C15H17N3O4S. The fraction of sp³-hybridized carbons (Fsp3) is 0.333. The van der Waals surface area contributed by atoms with Crippen LogP contribution in [0.15, 0.2) is 41.0 Å². The molecule has 1 unspecified atom stereocenters. The molecule has 7 nitrogen and oxygen atoms in total. The van der Waals surface area contributed by atoms with Gasteiger partial charge in [0.15, 0.2) is 9.84 Å². The average molecular weight is 335 g/mol. The van der Waals surface area contributed by atoms with Crippen LogP contribution in [0.2, 0.25) is 0 Å². The van der Waals surface area contributed by atoms with Gasteiger partial charge in [-0.2, -0.15) is 0 Å². The van der Waals surface area contributed by atoms with Gasteiger partial charge in [-0.05, 0) is 18.6 Å². The van der Waals surface area contributed by atoms with Gasteiger partial charge >= 0.3 is 6.03 Å². The van der Waals surface area contributed by atoms with Gasteiger partial charge in [0.2, 0.25) is 5.89 Å². The molecule has 1 atom stereocenters. The van der Waals surface area contributed by atoms with E-state index in [9.17, 15) is 13.2 Å². The van der Waals surface area contributed by atoms with Crippen molar-refractivity contribution in [3.05, 3.63) is 42.3 Å². The van der Waals surface area contributed by atoms with Crippen LogP contribution >= 0.6 is 0 Å². The highest BCUT2D eigenvalue weighted by Gasteiger charge is 2.28. The third kappa shape index (κ3) is 4.10. The minimum absolute atomic E-state index is 0.00252. The zero-order chi connectivity index (χ0) is 16.3. The Balaban J connectivity index is 1.51. The minimum atomic E-state index is -3.01. The van der Waals surface area contributed by atoms with Gasteiger partial charge in [-0.15, -0.1) is 0 Å². The van der Waals surface area contributed by atoms with Crippen LogP contribution in [0.25, 0.3) is 11.5 Å². The Morgan fingerprint density at radius 3 is 2.78 bits per heavy atom. The number of aromatic nitrogens is 1. The molecule has 0 bridgehead atoms. The Labute approximate surface area is 134 Å². The summed E-state index contributed by atoms with van der Waals surface area (Å²) in [5, 5.41) is 5.31. The summed E-state index contributed by atoms with van der Waals surface area (Å²) in [6, 6.07) is 8.73. The zero-order valence-electron chi connectivity index (χ0n) is 12.4. The lowest BCUT2D eigenvalue weighted by Crippen LogP contribution is -2.42. The second kappa shape index (κ2) is 6.41. The molecule has 1 aromatic heterocycles. The summed E-state index contributed by atoms with van der Waals surface area (Å²) < 4.78 is 28.1. The van der Waals surface area contributed by atoms with Crippen molar-refractivity contribution in [1.82, 2.24) is 15.6 Å². The predicted octanol–water partition coefficient (Wildman–Crippen LogP) is 1.33. The lowest BCUT2D eigenvalue weighted by atomic mass is 10.2. The van der Waals surface area contributed by atoms with Gasteiger partial charge in [-0.1, -0.05) is 18.2 Å². The van der Waals surface area contributed by atoms with Crippen molar-refractivity contribution < 1.29 is 17.6 Å². The van der Waals surface area contributed by atoms with Crippen molar-refractivity contribution in [2.75, 3.05) is 11.5 Å². The van der Waals surface area contributed by atoms with E-state index < -0.39 is 15.9 Å². The average Bonchev–Trinajstić information content (AvgIpc) is 3.13. The molecule has 2 aromatic rings. The van der Waals surface area contributed by atoms with Crippen LogP contribution in [0.1, 0.15) is 12.1 Å². The Bertz CT molecular complexity index is 786. The van der Waals surface area contributed by atoms with Crippen LogP contribution in [0.4, 0.5) is 4.79 Å². The third-order valence-corrected chi connectivity index (χ3v) is 5.34. The highest BCUT2D eigenvalue weighted by Crippen LogP contribution is 2.17. The molecule has 0 radical (unpaired) electrons. The molecule has 1 aliphatic heterocycles. The van der Waals surface area contributed by atoms with Crippen LogP contribution < -0.4 is 10.6 Å². The maximum Gasteiger partial charge on any atom is 0.315 e. The molecule has 0 spiro atoms. The van der Waals surface area contributed by atoms with Gasteiger partial charge in [-0.25, -0.2) is 18.2 Å². The lowest BCUT2D eigenvalue weighted by Gasteiger charge is -2.11. The highest BCUT2D eigenvalue weighted by molar-refractivity contribution is 7.91. The molecule has 1 aromatic carbocycles. The van der Waals surface area contributed by atoms with E-state index in [0.29, 0.717) is 18.0 Å². The van der Waals surface area contributed by atoms with Gasteiger partial charge in [-0.3, -0.25) is 0 Å². The van der Waals surface area contributed by atoms with Crippen molar-refractivity contribution >= 4 is 15.9 Å².